The molecule has 120 valence electrons. The molecule has 2 aromatic heterocycles. The average Bonchev–Trinajstić information content (AvgIpc) is 3.06. The van der Waals surface area contributed by atoms with E-state index in [2.05, 4.69) is 14.8 Å². The highest BCUT2D eigenvalue weighted by Gasteiger charge is 2.29. The maximum atomic E-state index is 12.5. The van der Waals surface area contributed by atoms with Crippen molar-refractivity contribution < 1.29 is 13.2 Å². The van der Waals surface area contributed by atoms with Gasteiger partial charge in [-0.1, -0.05) is 0 Å². The molecule has 1 atom stereocenters. The standard InChI is InChI=1S/C13H18N4O3S2/c1-9-5-6-12(21-9)22(18,19)16-10-4-3-7-17-13(10)14-11(15-17)8-20-2/h5-6,10,16H,3-4,7-8H2,1-2H3/t10-/m0/s1. The lowest BCUT2D eigenvalue weighted by Gasteiger charge is -2.22. The minimum atomic E-state index is -3.53. The quantitative estimate of drug-likeness (QED) is 0.892. The van der Waals surface area contributed by atoms with Crippen molar-refractivity contribution in [1.82, 2.24) is 19.5 Å². The first-order valence-corrected chi connectivity index (χ1v) is 9.31. The van der Waals surface area contributed by atoms with Gasteiger partial charge >= 0.3 is 0 Å². The first kappa shape index (κ1) is 15.6. The van der Waals surface area contributed by atoms with E-state index in [1.54, 1.807) is 23.9 Å². The third-order valence-corrected chi connectivity index (χ3v) is 6.43. The maximum absolute atomic E-state index is 12.5. The van der Waals surface area contributed by atoms with E-state index >= 15 is 0 Å². The summed E-state index contributed by atoms with van der Waals surface area (Å²) in [6.45, 7) is 2.96. The molecule has 22 heavy (non-hydrogen) atoms. The summed E-state index contributed by atoms with van der Waals surface area (Å²) in [6, 6.07) is 3.09. The van der Waals surface area contributed by atoms with Gasteiger partial charge in [-0.2, -0.15) is 9.82 Å². The maximum Gasteiger partial charge on any atom is 0.250 e. The van der Waals surface area contributed by atoms with Crippen molar-refractivity contribution in [1.29, 1.82) is 0 Å². The molecule has 1 N–H and O–H groups in total. The van der Waals surface area contributed by atoms with Gasteiger partial charge in [-0.25, -0.2) is 18.1 Å². The van der Waals surface area contributed by atoms with Crippen LogP contribution in [0.2, 0.25) is 0 Å². The summed E-state index contributed by atoms with van der Waals surface area (Å²) in [5.41, 5.74) is 0. The Hall–Kier alpha value is -1.29. The van der Waals surface area contributed by atoms with Gasteiger partial charge in [-0.3, -0.25) is 0 Å². The molecule has 0 saturated carbocycles. The number of aromatic nitrogens is 3. The van der Waals surface area contributed by atoms with Crippen LogP contribution in [-0.2, 0) is 27.9 Å². The summed E-state index contributed by atoms with van der Waals surface area (Å²) in [4.78, 5) is 5.38. The lowest BCUT2D eigenvalue weighted by Crippen LogP contribution is -2.33. The molecule has 0 unspecified atom stereocenters. The molecule has 0 saturated heterocycles. The van der Waals surface area contributed by atoms with Gasteiger partial charge in [0.1, 0.15) is 16.6 Å². The summed E-state index contributed by atoms with van der Waals surface area (Å²) < 4.78 is 34.8. The van der Waals surface area contributed by atoms with Crippen molar-refractivity contribution in [3.8, 4) is 0 Å². The second-order valence-corrected chi connectivity index (χ2v) is 8.45. The highest BCUT2D eigenvalue weighted by atomic mass is 32.2. The second kappa shape index (κ2) is 6.07. The van der Waals surface area contributed by atoms with Crippen molar-refractivity contribution in [3.05, 3.63) is 28.7 Å². The Bertz CT molecular complexity index is 766. The van der Waals surface area contributed by atoms with Crippen LogP contribution in [0, 0.1) is 6.92 Å². The number of methoxy groups -OCH3 is 1. The number of fused-ring (bicyclic) bond motifs is 1. The van der Waals surface area contributed by atoms with Crippen molar-refractivity contribution in [3.63, 3.8) is 0 Å². The monoisotopic (exact) mass is 342 g/mol. The van der Waals surface area contributed by atoms with E-state index in [0.29, 0.717) is 28.9 Å². The van der Waals surface area contributed by atoms with Gasteiger partial charge in [-0.05, 0) is 31.9 Å². The SMILES string of the molecule is COCc1nc2n(n1)CCC[C@@H]2NS(=O)(=O)c1ccc(C)s1. The fraction of sp³-hybridized carbons (Fsp3) is 0.538. The number of nitrogens with one attached hydrogen (secondary N) is 1. The highest BCUT2D eigenvalue weighted by molar-refractivity contribution is 7.91. The topological polar surface area (TPSA) is 86.1 Å². The van der Waals surface area contributed by atoms with E-state index in [1.165, 1.54) is 11.3 Å². The van der Waals surface area contributed by atoms with E-state index in [1.807, 2.05) is 6.92 Å². The largest absolute Gasteiger partial charge is 0.377 e. The van der Waals surface area contributed by atoms with Crippen LogP contribution in [-0.4, -0.2) is 30.3 Å². The molecule has 2 aromatic rings. The van der Waals surface area contributed by atoms with E-state index in [4.69, 9.17) is 4.74 Å². The van der Waals surface area contributed by atoms with Crippen LogP contribution in [0.5, 0.6) is 0 Å². The van der Waals surface area contributed by atoms with Gasteiger partial charge in [0.25, 0.3) is 10.0 Å². The molecule has 0 bridgehead atoms. The molecule has 0 amide bonds. The van der Waals surface area contributed by atoms with Crippen molar-refractivity contribution >= 4 is 21.4 Å². The number of hydrogen-bond acceptors (Lipinski definition) is 6. The van der Waals surface area contributed by atoms with E-state index in [0.717, 1.165) is 17.8 Å². The number of hydrogen-bond donors (Lipinski definition) is 1. The summed E-state index contributed by atoms with van der Waals surface area (Å²) in [7, 11) is -1.95. The van der Waals surface area contributed by atoms with E-state index in [-0.39, 0.29) is 6.04 Å². The van der Waals surface area contributed by atoms with Crippen molar-refractivity contribution in [2.24, 2.45) is 0 Å². The zero-order chi connectivity index (χ0) is 15.7. The fourth-order valence-corrected chi connectivity index (χ4v) is 5.03. The molecule has 0 aliphatic carbocycles. The summed E-state index contributed by atoms with van der Waals surface area (Å²) in [6.07, 6.45) is 1.58. The smallest absolute Gasteiger partial charge is 0.250 e. The van der Waals surface area contributed by atoms with E-state index in [9.17, 15) is 8.42 Å². The fourth-order valence-electron chi connectivity index (χ4n) is 2.50. The third-order valence-electron chi connectivity index (χ3n) is 3.47. The summed E-state index contributed by atoms with van der Waals surface area (Å²) in [5, 5.41) is 4.35. The van der Waals surface area contributed by atoms with Gasteiger partial charge < -0.3 is 4.74 Å². The van der Waals surface area contributed by atoms with Crippen LogP contribution >= 0.6 is 11.3 Å². The molecule has 1 aliphatic rings. The number of sulfonamides is 1. The van der Waals surface area contributed by atoms with Crippen LogP contribution in [0.25, 0.3) is 0 Å². The normalized spacial score (nSPS) is 18.4. The molecular formula is C13H18N4O3S2. The number of thiophene rings is 1. The van der Waals surface area contributed by atoms with Gasteiger partial charge in [0.05, 0.1) is 6.04 Å². The zero-order valence-electron chi connectivity index (χ0n) is 12.4. The molecule has 9 heteroatoms. The van der Waals surface area contributed by atoms with E-state index < -0.39 is 10.0 Å². The molecule has 0 spiro atoms. The number of nitrogens with zero attached hydrogens (tertiary/aromatic N) is 3. The lowest BCUT2D eigenvalue weighted by atomic mass is 10.1. The third kappa shape index (κ3) is 3.07. The van der Waals surface area contributed by atoms with Crippen LogP contribution < -0.4 is 4.72 Å². The molecule has 3 rings (SSSR count). The van der Waals surface area contributed by atoms with Crippen molar-refractivity contribution in [2.75, 3.05) is 7.11 Å². The highest BCUT2D eigenvalue weighted by Crippen LogP contribution is 2.27. The van der Waals surface area contributed by atoms with Gasteiger partial charge in [-0.15, -0.1) is 11.3 Å². The molecule has 0 aromatic carbocycles. The van der Waals surface area contributed by atoms with Crippen molar-refractivity contribution in [2.45, 2.75) is 43.2 Å². The molecule has 7 nitrogen and oxygen atoms in total. The average molecular weight is 342 g/mol. The second-order valence-electron chi connectivity index (χ2n) is 5.22. The first-order chi connectivity index (χ1) is 10.5. The Kier molecular flexibility index (Phi) is 4.31. The predicted octanol–water partition coefficient (Wildman–Crippen LogP) is 1.61. The minimum absolute atomic E-state index is 0.323. The van der Waals surface area contributed by atoms with Gasteiger partial charge in [0.15, 0.2) is 5.82 Å². The summed E-state index contributed by atoms with van der Waals surface area (Å²) >= 11 is 1.26. The minimum Gasteiger partial charge on any atom is -0.377 e. The molecule has 1 aliphatic heterocycles. The predicted molar refractivity (Wildman–Crippen MR) is 82.1 cm³/mol. The molecule has 0 radical (unpaired) electrons. The Morgan fingerprint density at radius 3 is 3.00 bits per heavy atom. The Morgan fingerprint density at radius 2 is 2.32 bits per heavy atom. The number of rotatable bonds is 5. The molecule has 0 fully saturated rings. The molecular weight excluding hydrogens is 324 g/mol. The van der Waals surface area contributed by atoms with Crippen LogP contribution in [0.15, 0.2) is 16.3 Å². The number of ether oxygens (including phenoxy) is 1. The Morgan fingerprint density at radius 1 is 1.50 bits per heavy atom. The Labute approximate surface area is 133 Å². The number of aryl methyl sites for hydroxylation is 2. The zero-order valence-corrected chi connectivity index (χ0v) is 14.1. The van der Waals surface area contributed by atoms with Gasteiger partial charge in [0, 0.05) is 18.5 Å². The summed E-state index contributed by atoms with van der Waals surface area (Å²) in [5.74, 6) is 1.24. The Balaban J connectivity index is 1.85. The first-order valence-electron chi connectivity index (χ1n) is 7.01. The van der Waals surface area contributed by atoms with Crippen LogP contribution in [0.4, 0.5) is 0 Å². The van der Waals surface area contributed by atoms with Gasteiger partial charge in [0.2, 0.25) is 0 Å². The van der Waals surface area contributed by atoms with Crippen LogP contribution in [0.3, 0.4) is 0 Å². The van der Waals surface area contributed by atoms with Crippen LogP contribution in [0.1, 0.15) is 35.4 Å². The lowest BCUT2D eigenvalue weighted by molar-refractivity contribution is 0.177. The molecule has 3 heterocycles.